The number of ether oxygens (including phenoxy) is 2. The molecule has 4 aromatic carbocycles. The molecule has 44 heteroatoms. The van der Waals surface area contributed by atoms with Gasteiger partial charge in [-0.05, 0) is 173 Å². The molecule has 4 spiro atoms. The van der Waals surface area contributed by atoms with Gasteiger partial charge in [0.05, 0.1) is 43.2 Å². The molecule has 128 heavy (non-hydrogen) atoms. The van der Waals surface area contributed by atoms with Crippen LogP contribution in [0, 0.1) is 0 Å². The first-order valence-corrected chi connectivity index (χ1v) is 47.9. The van der Waals surface area contributed by atoms with E-state index in [9.17, 15) is 62.8 Å². The molecule has 0 radical (unpaired) electrons. The maximum Gasteiger partial charge on any atom is 0.304 e. The van der Waals surface area contributed by atoms with E-state index in [0.717, 1.165) is 136 Å². The average molecular weight is 1820 g/mol. The van der Waals surface area contributed by atoms with Gasteiger partial charge in [0.15, 0.2) is 12.5 Å². The lowest BCUT2D eigenvalue weighted by Crippen LogP contribution is -2.56. The van der Waals surface area contributed by atoms with Crippen LogP contribution < -0.4 is 57.8 Å². The lowest BCUT2D eigenvalue weighted by atomic mass is 9.79. The summed E-state index contributed by atoms with van der Waals surface area (Å²) in [6, 6.07) is 31.6. The summed E-state index contributed by atoms with van der Waals surface area (Å²) in [7, 11) is -11.9. The van der Waals surface area contributed by atoms with E-state index in [1.54, 1.807) is 87.5 Å². The Labute approximate surface area is 734 Å². The van der Waals surface area contributed by atoms with E-state index in [-0.39, 0.29) is 49.2 Å². The van der Waals surface area contributed by atoms with Crippen molar-refractivity contribution >= 4 is 160 Å². The number of primary sulfonamides is 4. The fourth-order valence-corrected chi connectivity index (χ4v) is 21.1. The fraction of sp³-hybridized carbons (Fsp3) is 0.369. The molecular weight excluding hydrogens is 1730 g/mol. The van der Waals surface area contributed by atoms with E-state index in [1.807, 2.05) is 38.0 Å². The van der Waals surface area contributed by atoms with Crippen LogP contribution in [0.15, 0.2) is 166 Å². The topological polar surface area (TPSA) is 575 Å². The Kier molecular flexibility index (Phi) is 23.2. The maximum atomic E-state index is 13.3. The minimum atomic E-state index is -3.80. The number of nitrogens with one attached hydrogen (secondary N) is 7. The molecule has 4 aliphatic carbocycles. The summed E-state index contributed by atoms with van der Waals surface area (Å²) in [5, 5.41) is 55.8. The highest BCUT2D eigenvalue weighted by atomic mass is 32.2. The number of nitrogens with two attached hydrogens (primary N) is 4. The first kappa shape index (κ1) is 87.5. The number of anilines is 8. The van der Waals surface area contributed by atoms with Gasteiger partial charge in [-0.15, -0.1) is 0 Å². The van der Waals surface area contributed by atoms with E-state index < -0.39 is 86.9 Å². The molecule has 16 N–H and O–H groups in total. The molecule has 670 valence electrons. The minimum Gasteiger partial charge on any atom is -0.436 e. The van der Waals surface area contributed by atoms with Crippen molar-refractivity contribution in [2.45, 2.75) is 202 Å². The molecule has 0 saturated heterocycles. The smallest absolute Gasteiger partial charge is 0.304 e. The summed E-state index contributed by atoms with van der Waals surface area (Å²) in [5.41, 5.74) is 5.28. The van der Waals surface area contributed by atoms with Crippen LogP contribution in [0.5, 0.6) is 0 Å². The highest BCUT2D eigenvalue weighted by Gasteiger charge is 2.54. The largest absolute Gasteiger partial charge is 0.436 e. The molecule has 4 amide bonds. The number of methoxy groups -OCH3 is 1. The van der Waals surface area contributed by atoms with Crippen molar-refractivity contribution in [3.8, 4) is 0 Å². The SMILES string of the molecule is CC(=O)OC1NC(=O)C2(CCCCC2)n2c1cc1cnc(Nc3ccc(S(N)(=O)=O)cc3)nc12.CN1C(=O)C2(CCCCC2)n2c(cc3cnc(Nc4ccc(S(N)(=O)=O)cc4)nc32)C1O.COC1NC(=O)C2(CCCCC2)n2c1cc1cnc(Nc3ccc(S(N)(=O)=O)cc3)nc12.NS(=O)(=O)c1ccc(Nc2ncc3cc4n(c3n2)C2(CCCCC2)C(=O)NC4)cc1. The van der Waals surface area contributed by atoms with Crippen molar-refractivity contribution in [3.63, 3.8) is 0 Å². The Hall–Kier alpha value is -12.5. The highest BCUT2D eigenvalue weighted by Crippen LogP contribution is 2.49. The van der Waals surface area contributed by atoms with Crippen molar-refractivity contribution in [2.24, 2.45) is 20.6 Å². The molecule has 8 aliphatic rings. The van der Waals surface area contributed by atoms with Crippen LogP contribution in [0.25, 0.3) is 44.1 Å². The number of fused-ring (bicyclic) bond motifs is 16. The number of nitrogens with zero attached hydrogens (tertiary/aromatic N) is 13. The molecule has 40 nitrogen and oxygen atoms in total. The second-order valence-electron chi connectivity index (χ2n) is 33.2. The third-order valence-electron chi connectivity index (χ3n) is 25.1. The van der Waals surface area contributed by atoms with Gasteiger partial charge in [0.2, 0.25) is 87.8 Å². The van der Waals surface area contributed by atoms with E-state index >= 15 is 0 Å². The average Bonchev–Trinajstić information content (AvgIpc) is 1.55. The van der Waals surface area contributed by atoms with Gasteiger partial charge in [-0.1, -0.05) is 77.0 Å². The van der Waals surface area contributed by atoms with Gasteiger partial charge >= 0.3 is 5.97 Å². The Morgan fingerprint density at radius 2 is 0.703 bits per heavy atom. The number of esters is 1. The van der Waals surface area contributed by atoms with Gasteiger partial charge < -0.3 is 75.0 Å². The molecule has 8 aromatic heterocycles. The number of hydrogen-bond donors (Lipinski definition) is 12. The van der Waals surface area contributed by atoms with Crippen LogP contribution >= 0.6 is 0 Å². The van der Waals surface area contributed by atoms with Crippen LogP contribution in [0.4, 0.5) is 46.5 Å². The monoisotopic (exact) mass is 1820 g/mol. The van der Waals surface area contributed by atoms with Crippen LogP contribution in [-0.2, 0) is 102 Å². The Morgan fingerprint density at radius 1 is 0.414 bits per heavy atom. The number of likely N-dealkylation sites (N-methyl/N-ethyl adjacent to an activating group) is 1. The number of aliphatic hydroxyl groups excluding tert-OH is 1. The number of aliphatic hydroxyl groups is 1. The Balaban J connectivity index is 0.000000120. The molecule has 0 bridgehead atoms. The first-order valence-electron chi connectivity index (χ1n) is 41.8. The molecule has 20 rings (SSSR count). The second kappa shape index (κ2) is 33.9. The minimum absolute atomic E-state index is 0.00292. The number of carbonyl (C=O) groups excluding carboxylic acids is 5. The van der Waals surface area contributed by atoms with E-state index in [1.165, 1.54) is 60.4 Å². The van der Waals surface area contributed by atoms with Gasteiger partial charge in [0, 0.05) is 95.9 Å². The number of amides is 4. The zero-order valence-electron chi connectivity index (χ0n) is 69.8. The fourth-order valence-electron chi connectivity index (χ4n) is 19.1. The molecular formula is C84H94N24O16S4. The summed E-state index contributed by atoms with van der Waals surface area (Å²) in [4.78, 5) is 102. The molecule has 4 saturated carbocycles. The molecule has 4 fully saturated rings. The van der Waals surface area contributed by atoms with Crippen molar-refractivity contribution in [3.05, 3.63) is 169 Å². The van der Waals surface area contributed by atoms with Crippen LogP contribution in [0.1, 0.15) is 177 Å². The zero-order valence-corrected chi connectivity index (χ0v) is 73.0. The molecule has 3 atom stereocenters. The third-order valence-corrected chi connectivity index (χ3v) is 28.9. The molecule has 12 heterocycles. The predicted octanol–water partition coefficient (Wildman–Crippen LogP) is 8.49. The summed E-state index contributed by atoms with van der Waals surface area (Å²) >= 11 is 0. The van der Waals surface area contributed by atoms with Crippen molar-refractivity contribution in [1.82, 2.24) is 79.0 Å². The van der Waals surface area contributed by atoms with E-state index in [0.29, 0.717) is 107 Å². The van der Waals surface area contributed by atoms with E-state index in [2.05, 4.69) is 71.7 Å². The second-order valence-corrected chi connectivity index (χ2v) is 39.5. The van der Waals surface area contributed by atoms with Crippen molar-refractivity contribution in [1.29, 1.82) is 0 Å². The lowest BCUT2D eigenvalue weighted by Gasteiger charge is -2.46. The summed E-state index contributed by atoms with van der Waals surface area (Å²) in [5.74, 6) is 0.539. The lowest BCUT2D eigenvalue weighted by molar-refractivity contribution is -0.157. The van der Waals surface area contributed by atoms with Gasteiger partial charge in [-0.25, -0.2) is 74.2 Å². The quantitative estimate of drug-likeness (QED) is 0.0454. The van der Waals surface area contributed by atoms with Gasteiger partial charge in [-0.2, -0.15) is 19.9 Å². The van der Waals surface area contributed by atoms with Gasteiger partial charge in [0.25, 0.3) is 5.91 Å². The number of carbonyl (C=O) groups is 5. The standard InChI is InChI=1S/C22H24N6O5S.2C21H24N6O4S.C20H22N6O3S/c1-13(29)33-19-17-11-14-12-24-21(25-15-5-7-16(8-6-15)34(23,31)32)26-18(14)28(17)22(20(30)27-19)9-3-2-4-10-22;1-31-18-16-11-13-12-23-20(24-14-5-7-15(8-6-14)32(22,29)30)25-17(13)27(16)21(19(28)26-18)9-3-2-4-10-21;1-26-18(28)16-11-13-12-23-20(24-14-5-7-15(8-6-14)32(22,30)31)25-17(13)27(16)21(19(26)29)9-3-2-4-10-21;21-30(28,29)16-6-4-14(5-7-16)24-19-23-11-13-10-15-12-22-18(27)20(8-2-1-3-9-20)26(15)17(13)25-19/h5-8,11-12,19H,2-4,9-10H2,1H3,(H,27,30)(H2,23,31,32)(H,24,25,26);5-8,11-12,18H,2-4,9-10H2,1H3,(H,26,28)(H2,22,29,30)(H,23,24,25);5-8,11-12,18,28H,2-4,9-10H2,1H3,(H2,22,30,31)(H,23,24,25);4-7,10-11H,1-3,8-9,12H2,(H,22,27)(H2,21,28,29)(H,23,24,25). The molecule has 12 aromatic rings. The van der Waals surface area contributed by atoms with E-state index in [4.69, 9.17) is 40.0 Å². The number of benzene rings is 4. The number of hydrogen-bond acceptors (Lipinski definition) is 28. The van der Waals surface area contributed by atoms with Crippen molar-refractivity contribution in [2.75, 3.05) is 35.4 Å². The zero-order chi connectivity index (χ0) is 90.2. The number of rotatable bonds is 14. The number of sulfonamides is 4. The number of aromatic nitrogens is 12. The normalized spacial score (nSPS) is 19.6. The van der Waals surface area contributed by atoms with Crippen LogP contribution in [0.3, 0.4) is 0 Å². The Morgan fingerprint density at radius 3 is 1.03 bits per heavy atom. The Bertz CT molecular complexity index is 6730. The molecule has 3 unspecified atom stereocenters. The van der Waals surface area contributed by atoms with Crippen molar-refractivity contribution < 1.29 is 72.2 Å². The van der Waals surface area contributed by atoms with Gasteiger partial charge in [-0.3, -0.25) is 24.0 Å². The summed E-state index contributed by atoms with van der Waals surface area (Å²) < 4.78 is 111. The van der Waals surface area contributed by atoms with Crippen LogP contribution in [-0.4, -0.2) is 146 Å². The first-order chi connectivity index (χ1) is 61.1. The highest BCUT2D eigenvalue weighted by molar-refractivity contribution is 7.90. The third kappa shape index (κ3) is 16.6. The van der Waals surface area contributed by atoms with Gasteiger partial charge in [0.1, 0.15) is 44.7 Å². The summed E-state index contributed by atoms with van der Waals surface area (Å²) in [6.07, 6.45) is 22.0. The predicted molar refractivity (Wildman–Crippen MR) is 469 cm³/mol. The summed E-state index contributed by atoms with van der Waals surface area (Å²) in [6.45, 7) is 1.78. The molecule has 4 aliphatic heterocycles. The maximum absolute atomic E-state index is 13.3. The van der Waals surface area contributed by atoms with Crippen LogP contribution in [0.2, 0.25) is 0 Å².